The maximum absolute atomic E-state index is 9.96. The molecule has 2 aliphatic rings. The van der Waals surface area contributed by atoms with Crippen molar-refractivity contribution in [1.29, 1.82) is 0 Å². The van der Waals surface area contributed by atoms with E-state index in [1.165, 1.54) is 333 Å². The number of unbranched alkanes of at least 4 members (excludes halogenated alkanes) is 48. The van der Waals surface area contributed by atoms with Gasteiger partial charge in [-0.05, 0) is 242 Å². The monoisotopic (exact) mass is 2160 g/mol. The van der Waals surface area contributed by atoms with Crippen LogP contribution in [0.25, 0.3) is 47.3 Å². The molecule has 2 atom stereocenters. The number of alkyl halides is 2. The van der Waals surface area contributed by atoms with Gasteiger partial charge in [0.05, 0.1) is 33.9 Å². The van der Waals surface area contributed by atoms with Crippen LogP contribution < -0.4 is 59.1 Å². The molecule has 0 amide bonds. The first-order chi connectivity index (χ1) is 70.4. The predicted octanol–water partition coefficient (Wildman–Crippen LogP) is 31.8. The number of hydrogen-bond acceptors (Lipinski definition) is 17. The number of rotatable bonds is 88. The van der Waals surface area contributed by atoms with E-state index in [1.54, 1.807) is 0 Å². The van der Waals surface area contributed by atoms with Gasteiger partial charge in [0.15, 0.2) is 11.6 Å². The molecule has 147 heavy (non-hydrogen) atoms. The Balaban J connectivity index is -0.000000193. The smallest absolute Gasteiger partial charge is 0.793 e. The number of aldehydes is 1. The van der Waals surface area contributed by atoms with Crippen molar-refractivity contribution in [2.45, 2.75) is 543 Å². The van der Waals surface area contributed by atoms with Gasteiger partial charge in [-0.3, -0.25) is 14.1 Å². The molecule has 2 saturated heterocycles. The molecule has 845 valence electrons. The van der Waals surface area contributed by atoms with Crippen LogP contribution in [-0.4, -0.2) is 150 Å². The van der Waals surface area contributed by atoms with E-state index in [2.05, 4.69) is 212 Å². The fourth-order valence-electron chi connectivity index (χ4n) is 15.5. The second-order valence-electron chi connectivity index (χ2n) is 36.9. The van der Waals surface area contributed by atoms with Gasteiger partial charge in [0.1, 0.15) is 6.29 Å². The summed E-state index contributed by atoms with van der Waals surface area (Å²) in [6, 6.07) is 0. The first-order valence-corrected chi connectivity index (χ1v) is 57.3. The molecule has 2 heterocycles. The Morgan fingerprint density at radius 1 is 0.395 bits per heavy atom. The van der Waals surface area contributed by atoms with Crippen LogP contribution in [0.15, 0.2) is 113 Å². The van der Waals surface area contributed by atoms with Crippen LogP contribution in [-0.2, 0) is 52.6 Å². The number of aliphatic hydroxyl groups is 2. The Kier molecular flexibility index (Phi) is 166. The molecular formula is C116H219BBrFN13Na2O13. The van der Waals surface area contributed by atoms with Gasteiger partial charge in [-0.25, -0.2) is 19.4 Å². The second-order valence-corrected chi connectivity index (χ2v) is 37.7. The number of azide groups is 3. The van der Waals surface area contributed by atoms with E-state index in [9.17, 15) is 23.6 Å². The average molecular weight is 2160 g/mol. The van der Waals surface area contributed by atoms with Crippen molar-refractivity contribution in [1.82, 2.24) is 4.90 Å². The van der Waals surface area contributed by atoms with Crippen LogP contribution in [0, 0.1) is 0 Å². The maximum atomic E-state index is 9.96. The minimum Gasteiger partial charge on any atom is -0.793 e. The summed E-state index contributed by atoms with van der Waals surface area (Å²) in [5, 5.41) is 28.2. The quantitative estimate of drug-likeness (QED) is 0.00546. The Morgan fingerprint density at radius 3 is 0.891 bits per heavy atom. The summed E-state index contributed by atoms with van der Waals surface area (Å²) in [5.74, 6) is -2.41. The predicted molar refractivity (Wildman–Crippen MR) is 617 cm³/mol. The van der Waals surface area contributed by atoms with Crippen molar-refractivity contribution in [3.63, 3.8) is 0 Å². The summed E-state index contributed by atoms with van der Waals surface area (Å²) in [4.78, 5) is 58.6. The second kappa shape index (κ2) is 150. The molecule has 3 radical (unpaired) electrons. The van der Waals surface area contributed by atoms with E-state index >= 15 is 0 Å². The van der Waals surface area contributed by atoms with Crippen molar-refractivity contribution in [2.75, 3.05) is 78.7 Å². The fourth-order valence-corrected chi connectivity index (χ4v) is 15.9. The molecule has 0 aromatic heterocycles. The topological polar surface area (TPSA) is 382 Å². The molecule has 0 unspecified atom stereocenters. The van der Waals surface area contributed by atoms with Gasteiger partial charge in [0, 0.05) is 112 Å². The molecule has 0 aromatic carbocycles. The third-order valence-electron chi connectivity index (χ3n) is 23.5. The Morgan fingerprint density at radius 2 is 0.633 bits per heavy atom. The SMILES string of the molecule is C.C.CC(=O)OOC(C)=O.CCCCC/C=C\C/C=C\CCCCCCCCC1(CCCCCCCC/C=C\C/C=C\CCCCC)OC[C@H](CCC)O1.CCCCC/C=C\C/C=C\CCCCCCCCC1(CCCCCCCC/C=C\C/C=C\CCCCC)OC[C@H](CN(C)CCCCCCN=[N+]=[N-])O1.OCCCCCCBr.[2H]CF.[B-]OC(C)=O.[N-]=[N+]=NCCCCCC=O.[N-]=[N+]=NCCCCCCO.[N-]=[N+]=[N-].[Na+].[Na+]. The van der Waals surface area contributed by atoms with Gasteiger partial charge >= 0.3 is 71.1 Å². The normalized spacial score (nSPS) is 13.4. The van der Waals surface area contributed by atoms with E-state index in [0.29, 0.717) is 38.8 Å². The van der Waals surface area contributed by atoms with Crippen molar-refractivity contribution >= 4 is 48.2 Å². The average Bonchev–Trinajstić information content (AvgIpc) is 1.69. The van der Waals surface area contributed by atoms with E-state index in [4.69, 9.17) is 58.2 Å². The Bertz CT molecular complexity index is 3020. The first kappa shape index (κ1) is 162. The zero-order chi connectivity index (χ0) is 108. The van der Waals surface area contributed by atoms with Gasteiger partial charge in [-0.1, -0.05) is 383 Å². The zero-order valence-corrected chi connectivity index (χ0v) is 99.9. The molecule has 0 saturated carbocycles. The number of halogens is 2. The number of hydrogen-bond donors (Lipinski definition) is 2. The summed E-state index contributed by atoms with van der Waals surface area (Å²) in [7, 11) is 5.54. The van der Waals surface area contributed by atoms with Gasteiger partial charge in [-0.2, -0.15) is 0 Å². The largest absolute Gasteiger partial charge is 1.00 e. The number of carbonyl (C=O) groups excluding carboxylic acids is 4. The molecule has 2 rings (SSSR count). The van der Waals surface area contributed by atoms with Crippen LogP contribution in [0.5, 0.6) is 0 Å². The number of ether oxygens (including phenoxy) is 4. The Labute approximate surface area is 955 Å². The first-order valence-electron chi connectivity index (χ1n) is 56.9. The number of nitrogens with zero attached hydrogens (tertiary/aromatic N) is 13. The summed E-state index contributed by atoms with van der Waals surface area (Å²) >= 11 is 3.34. The van der Waals surface area contributed by atoms with E-state index in [-0.39, 0.29) is 98.3 Å². The molecule has 0 spiro atoms. The standard InChI is InChI=1S/C47H86N4O2.C42H76O2.C6H13BrO.C6H13N3O.C6H11N3O.C4H6O4.C2H3BO2.CH3F.2CH4.N3.2Na/c1-4-6-8-10-12-14-16-18-20-22-24-26-28-30-32-36-40-47(52-45-46(53-47)44-51(3)43-39-35-34-38-42-49-50-48)41-37-33-31-29-27-25-23-21-19-17-15-13-11-9-7-5-2;1-4-7-9-11-13-15-17-19-21-23-25-27-29-31-33-35-38-42(43-40-41(44-42)37-6-3)39-36-34-32-30-28-26-24-22-20-18-16-14-12-10-8-5-2;7-5-3-1-2-4-6-8;2*7-9-8-5-3-1-2-4-6-10;1-3(5)7-8-4(2)6;1-2(4)5-3;1-2;;;1-3-2;;/h12-15,18-21,46H,4-11,16-17,22-45H2,1-3H3;13-16,19-22,41H,4-12,17-18,23-40H2,1-3H3;8H,1-6H2;10H,1-6H2;6H,1-5H2;1-2H3;1H3;1H3;2*1H4;;;/q;;;;;;-1;;;;-1;2*+1/b14-12-,15-13-,20-18-,21-19-;15-13-,16-14-,21-19-,22-20-;;;;;;;;;;;/t46-;41-;;;;;;;;;;;/m00.........../s1/i;;;;;;;1D;;;;;. The molecule has 26 nitrogen and oxygen atoms in total. The third kappa shape index (κ3) is 150. The third-order valence-corrected chi connectivity index (χ3v) is 24.0. The van der Waals surface area contributed by atoms with Gasteiger partial charge in [0.2, 0.25) is 5.97 Å². The summed E-state index contributed by atoms with van der Waals surface area (Å²) < 4.78 is 45.5. The van der Waals surface area contributed by atoms with Crippen molar-refractivity contribution in [3.8, 4) is 0 Å². The van der Waals surface area contributed by atoms with Crippen LogP contribution >= 0.6 is 15.9 Å². The summed E-state index contributed by atoms with van der Waals surface area (Å²) in [5.41, 5.74) is 37.7. The van der Waals surface area contributed by atoms with Gasteiger partial charge in [-0.15, -0.1) is 0 Å². The van der Waals surface area contributed by atoms with Crippen LogP contribution in [0.4, 0.5) is 4.39 Å². The molecule has 0 aromatic rings. The summed E-state index contributed by atoms with van der Waals surface area (Å²) in [6.45, 7) is 20.8. The van der Waals surface area contributed by atoms with Gasteiger partial charge in [0.25, 0.3) is 0 Å². The van der Waals surface area contributed by atoms with Crippen molar-refractivity contribution in [2.24, 2.45) is 15.3 Å². The minimum absolute atomic E-state index is 0. The molecule has 31 heteroatoms. The van der Waals surface area contributed by atoms with E-state index in [1.807, 2.05) is 0 Å². The number of carbonyl (C=O) groups is 4. The maximum Gasteiger partial charge on any atom is 1.00 e. The van der Waals surface area contributed by atoms with Crippen molar-refractivity contribution in [3.05, 3.63) is 145 Å². The van der Waals surface area contributed by atoms with Crippen LogP contribution in [0.1, 0.15) is 521 Å². The zero-order valence-electron chi connectivity index (χ0n) is 95.3. The van der Waals surface area contributed by atoms with E-state index < -0.39 is 25.1 Å². The number of aliphatic hydroxyl groups excluding tert-OH is 2. The van der Waals surface area contributed by atoms with Crippen molar-refractivity contribution < 1.29 is 128 Å². The fraction of sp³-hybridized carbons (Fsp3) is 0.828. The number of likely N-dealkylation sites (N-methyl/N-ethyl adjacent to an activating group) is 1. The molecular weight excluding hydrogens is 1940 g/mol. The minimum atomic E-state index is -1.00. The molecule has 0 aliphatic carbocycles. The molecule has 2 fully saturated rings. The summed E-state index contributed by atoms with van der Waals surface area (Å²) in [6.07, 6.45) is 124. The Hall–Kier alpha value is -4.57. The number of allylic oxidation sites excluding steroid dienone is 16. The van der Waals surface area contributed by atoms with E-state index in [0.717, 1.165) is 174 Å². The van der Waals surface area contributed by atoms with Crippen LogP contribution in [0.2, 0.25) is 0 Å². The molecule has 0 bridgehead atoms. The molecule has 2 N–H and O–H groups in total. The van der Waals surface area contributed by atoms with Crippen LogP contribution in [0.3, 0.4) is 0 Å². The van der Waals surface area contributed by atoms with Gasteiger partial charge < -0.3 is 62.6 Å². The molecule has 2 aliphatic heterocycles.